The molecule has 0 saturated heterocycles. The second-order valence-corrected chi connectivity index (χ2v) is 5.92. The van der Waals surface area contributed by atoms with Gasteiger partial charge in [-0.25, -0.2) is 18.4 Å². The molecule has 1 atom stereocenters. The van der Waals surface area contributed by atoms with E-state index in [0.29, 0.717) is 11.2 Å². The van der Waals surface area contributed by atoms with Crippen molar-refractivity contribution in [2.75, 3.05) is 4.90 Å². The number of fused-ring (bicyclic) bond motifs is 1. The van der Waals surface area contributed by atoms with Crippen molar-refractivity contribution in [3.05, 3.63) is 59.5 Å². The molecule has 2 aromatic heterocycles. The van der Waals surface area contributed by atoms with Gasteiger partial charge in [-0.15, -0.1) is 0 Å². The normalized spacial score (nSPS) is 16.8. The molecule has 1 aliphatic heterocycles. The molecule has 0 N–H and O–H groups in total. The molecule has 3 heterocycles. The van der Waals surface area contributed by atoms with E-state index < -0.39 is 11.6 Å². The van der Waals surface area contributed by atoms with E-state index in [1.54, 1.807) is 29.5 Å². The van der Waals surface area contributed by atoms with Crippen molar-refractivity contribution in [3.8, 4) is 5.69 Å². The van der Waals surface area contributed by atoms with Crippen LogP contribution in [0.15, 0.2) is 47.9 Å². The molecule has 5 nitrogen and oxygen atoms in total. The Hall–Kier alpha value is -2.80. The lowest BCUT2D eigenvalue weighted by atomic mass is 10.2. The third-order valence-corrected chi connectivity index (χ3v) is 4.23. The van der Waals surface area contributed by atoms with Crippen molar-refractivity contribution in [2.45, 2.75) is 13.1 Å². The van der Waals surface area contributed by atoms with Gasteiger partial charge in [-0.3, -0.25) is 4.99 Å². The molecule has 1 aliphatic rings. The Morgan fingerprint density at radius 2 is 2.04 bits per heavy atom. The zero-order chi connectivity index (χ0) is 17.6. The molecule has 25 heavy (non-hydrogen) atoms. The van der Waals surface area contributed by atoms with Crippen LogP contribution >= 0.6 is 11.6 Å². The number of halogens is 3. The molecule has 1 unspecified atom stereocenters. The summed E-state index contributed by atoms with van der Waals surface area (Å²) in [7, 11) is 0. The highest BCUT2D eigenvalue weighted by Gasteiger charge is 2.21. The first kappa shape index (κ1) is 15.7. The average molecular weight is 360 g/mol. The maximum atomic E-state index is 14.2. The molecule has 0 spiro atoms. The number of anilines is 1. The van der Waals surface area contributed by atoms with Crippen molar-refractivity contribution < 1.29 is 8.78 Å². The van der Waals surface area contributed by atoms with Crippen LogP contribution in [-0.4, -0.2) is 27.1 Å². The molecule has 0 fully saturated rings. The molecule has 3 aromatic rings. The third-order valence-electron chi connectivity index (χ3n) is 3.93. The largest absolute Gasteiger partial charge is 0.310 e. The Kier molecular flexibility index (Phi) is 3.73. The van der Waals surface area contributed by atoms with Gasteiger partial charge in [0, 0.05) is 18.6 Å². The van der Waals surface area contributed by atoms with Crippen LogP contribution in [-0.2, 0) is 0 Å². The third kappa shape index (κ3) is 2.56. The van der Waals surface area contributed by atoms with Gasteiger partial charge in [0.05, 0.1) is 16.6 Å². The summed E-state index contributed by atoms with van der Waals surface area (Å²) in [6, 6.07) is 4.31. The van der Waals surface area contributed by atoms with E-state index in [2.05, 4.69) is 15.1 Å². The molecule has 0 radical (unpaired) electrons. The van der Waals surface area contributed by atoms with Crippen molar-refractivity contribution >= 4 is 34.5 Å². The van der Waals surface area contributed by atoms with Crippen LogP contribution < -0.4 is 4.90 Å². The van der Waals surface area contributed by atoms with Crippen LogP contribution in [0.2, 0.25) is 5.02 Å². The molecular weight excluding hydrogens is 348 g/mol. The van der Waals surface area contributed by atoms with Crippen LogP contribution in [0, 0.1) is 11.6 Å². The fourth-order valence-electron chi connectivity index (χ4n) is 2.74. The van der Waals surface area contributed by atoms with Gasteiger partial charge >= 0.3 is 0 Å². The predicted molar refractivity (Wildman–Crippen MR) is 93.4 cm³/mol. The second kappa shape index (κ2) is 5.93. The van der Waals surface area contributed by atoms with Crippen LogP contribution in [0.3, 0.4) is 0 Å². The monoisotopic (exact) mass is 359 g/mol. The van der Waals surface area contributed by atoms with E-state index in [1.165, 1.54) is 23.0 Å². The molecule has 0 bridgehead atoms. The molecular formula is C17H12ClF2N5. The van der Waals surface area contributed by atoms with Crippen molar-refractivity contribution in [3.63, 3.8) is 0 Å². The Bertz CT molecular complexity index is 1010. The lowest BCUT2D eigenvalue weighted by Gasteiger charge is -2.26. The summed E-state index contributed by atoms with van der Waals surface area (Å²) in [6.45, 7) is 1.88. The predicted octanol–water partition coefficient (Wildman–Crippen LogP) is 4.10. The van der Waals surface area contributed by atoms with Crippen molar-refractivity contribution in [2.24, 2.45) is 4.99 Å². The Labute approximate surface area is 146 Å². The first-order chi connectivity index (χ1) is 12.1. The molecule has 1 aromatic carbocycles. The molecule has 0 saturated carbocycles. The average Bonchev–Trinajstić information content (AvgIpc) is 3.02. The lowest BCUT2D eigenvalue weighted by molar-refractivity contribution is 0.608. The fraction of sp³-hybridized carbons (Fsp3) is 0.118. The number of para-hydroxylation sites is 1. The molecule has 126 valence electrons. The van der Waals surface area contributed by atoms with Gasteiger partial charge in [-0.05, 0) is 25.1 Å². The first-order valence-corrected chi connectivity index (χ1v) is 7.90. The Balaban J connectivity index is 1.94. The number of benzene rings is 1. The number of aliphatic imine (C=N–C) groups is 1. The smallest absolute Gasteiger partial charge is 0.169 e. The van der Waals surface area contributed by atoms with Crippen molar-refractivity contribution in [1.29, 1.82) is 0 Å². The van der Waals surface area contributed by atoms with Gasteiger partial charge in [0.25, 0.3) is 0 Å². The molecule has 0 amide bonds. The summed E-state index contributed by atoms with van der Waals surface area (Å²) in [6.07, 6.45) is 7.65. The van der Waals surface area contributed by atoms with E-state index in [-0.39, 0.29) is 22.4 Å². The number of hydrogen-bond acceptors (Lipinski definition) is 4. The number of hydrogen-bond donors (Lipinski definition) is 0. The number of nitrogens with zero attached hydrogens (tertiary/aromatic N) is 5. The quantitative estimate of drug-likeness (QED) is 0.692. The van der Waals surface area contributed by atoms with Crippen LogP contribution in [0.25, 0.3) is 16.6 Å². The SMILES string of the molecule is CC1N=CC=CN1c1ncc(F)c2nn(-c3c(F)cccc3Cl)cc12. The van der Waals surface area contributed by atoms with E-state index in [1.807, 2.05) is 6.92 Å². The van der Waals surface area contributed by atoms with Gasteiger partial charge < -0.3 is 4.90 Å². The summed E-state index contributed by atoms with van der Waals surface area (Å²) in [4.78, 5) is 10.2. The van der Waals surface area contributed by atoms with Crippen LogP contribution in [0.1, 0.15) is 6.92 Å². The Morgan fingerprint density at radius 3 is 2.80 bits per heavy atom. The number of pyridine rings is 1. The van der Waals surface area contributed by atoms with E-state index in [0.717, 1.165) is 6.20 Å². The standard InChI is InChI=1S/C17H12ClF2N5/c1-10-21-6-3-7-24(10)17-11-9-25(23-15(11)14(20)8-22-17)16-12(18)4-2-5-13(16)19/h2-10H,1H3. The summed E-state index contributed by atoms with van der Waals surface area (Å²) >= 11 is 6.09. The summed E-state index contributed by atoms with van der Waals surface area (Å²) in [5.41, 5.74) is 0.144. The number of allylic oxidation sites excluding steroid dienone is 1. The summed E-state index contributed by atoms with van der Waals surface area (Å²) in [5.74, 6) is -0.663. The zero-order valence-electron chi connectivity index (χ0n) is 13.1. The van der Waals surface area contributed by atoms with E-state index in [9.17, 15) is 8.78 Å². The van der Waals surface area contributed by atoms with Crippen LogP contribution in [0.5, 0.6) is 0 Å². The highest BCUT2D eigenvalue weighted by molar-refractivity contribution is 6.32. The minimum Gasteiger partial charge on any atom is -0.310 e. The minimum absolute atomic E-state index is 0.0611. The Morgan fingerprint density at radius 1 is 1.20 bits per heavy atom. The molecule has 4 rings (SSSR count). The minimum atomic E-state index is -0.595. The topological polar surface area (TPSA) is 46.3 Å². The second-order valence-electron chi connectivity index (χ2n) is 5.51. The zero-order valence-corrected chi connectivity index (χ0v) is 13.8. The van der Waals surface area contributed by atoms with Gasteiger partial charge in [0.15, 0.2) is 5.82 Å². The van der Waals surface area contributed by atoms with Gasteiger partial charge in [-0.1, -0.05) is 17.7 Å². The first-order valence-electron chi connectivity index (χ1n) is 7.53. The maximum absolute atomic E-state index is 14.2. The summed E-state index contributed by atoms with van der Waals surface area (Å²) < 4.78 is 29.7. The number of aromatic nitrogens is 3. The molecule has 0 aliphatic carbocycles. The van der Waals surface area contributed by atoms with Gasteiger partial charge in [0.2, 0.25) is 0 Å². The lowest BCUT2D eigenvalue weighted by Crippen LogP contribution is -2.29. The summed E-state index contributed by atoms with van der Waals surface area (Å²) in [5, 5.41) is 4.79. The van der Waals surface area contributed by atoms with Gasteiger partial charge in [-0.2, -0.15) is 5.10 Å². The number of rotatable bonds is 2. The fourth-order valence-corrected chi connectivity index (χ4v) is 2.99. The van der Waals surface area contributed by atoms with Crippen molar-refractivity contribution in [1.82, 2.24) is 14.8 Å². The van der Waals surface area contributed by atoms with Crippen LogP contribution in [0.4, 0.5) is 14.6 Å². The van der Waals surface area contributed by atoms with E-state index >= 15 is 0 Å². The molecule has 8 heteroatoms. The highest BCUT2D eigenvalue weighted by atomic mass is 35.5. The van der Waals surface area contributed by atoms with Gasteiger partial charge in [0.1, 0.15) is 29.0 Å². The van der Waals surface area contributed by atoms with E-state index in [4.69, 9.17) is 11.6 Å². The maximum Gasteiger partial charge on any atom is 0.169 e. The highest BCUT2D eigenvalue weighted by Crippen LogP contribution is 2.31.